The van der Waals surface area contributed by atoms with E-state index >= 15 is 0 Å². The van der Waals surface area contributed by atoms with Gasteiger partial charge in [0.25, 0.3) is 5.89 Å². The molecule has 0 bridgehead atoms. The van der Waals surface area contributed by atoms with Crippen LogP contribution in [0.3, 0.4) is 0 Å². The molecule has 0 aromatic carbocycles. The van der Waals surface area contributed by atoms with Crippen molar-refractivity contribution in [2.75, 3.05) is 18.1 Å². The van der Waals surface area contributed by atoms with E-state index in [1.165, 1.54) is 38.5 Å². The average molecular weight is 564 g/mol. The summed E-state index contributed by atoms with van der Waals surface area (Å²) in [5.41, 5.74) is 3.63. The summed E-state index contributed by atoms with van der Waals surface area (Å²) in [5, 5.41) is 6.92. The van der Waals surface area contributed by atoms with Crippen LogP contribution < -0.4 is 10.7 Å². The number of nitrogens with zero attached hydrogens (tertiary/aromatic N) is 6. The number of pyridine rings is 2. The Balaban J connectivity index is 1.44. The van der Waals surface area contributed by atoms with Crippen molar-refractivity contribution in [3.05, 3.63) is 40.1 Å². The lowest BCUT2D eigenvalue weighted by atomic mass is 9.83. The minimum atomic E-state index is -0.628. The number of morpholine rings is 1. The molecule has 11 heteroatoms. The van der Waals surface area contributed by atoms with E-state index in [9.17, 15) is 4.79 Å². The summed E-state index contributed by atoms with van der Waals surface area (Å²) in [6, 6.07) is 4.04. The molecule has 2 unspecified atom stereocenters. The third-order valence-corrected chi connectivity index (χ3v) is 9.11. The molecule has 1 aliphatic heterocycles. The predicted molar refractivity (Wildman–Crippen MR) is 152 cm³/mol. The molecule has 2 saturated carbocycles. The molecule has 3 aliphatic rings. The van der Waals surface area contributed by atoms with Gasteiger partial charge in [-0.1, -0.05) is 44.2 Å². The Morgan fingerprint density at radius 2 is 1.93 bits per heavy atom. The van der Waals surface area contributed by atoms with Crippen LogP contribution in [0.25, 0.3) is 33.9 Å². The van der Waals surface area contributed by atoms with Crippen LogP contribution >= 0.6 is 11.6 Å². The molecule has 210 valence electrons. The predicted octanol–water partition coefficient (Wildman–Crippen LogP) is 5.46. The summed E-state index contributed by atoms with van der Waals surface area (Å²) in [6.45, 7) is 4.72. The number of hydrogen-bond acceptors (Lipinski definition) is 8. The number of H-pyrrole nitrogens is 1. The van der Waals surface area contributed by atoms with Crippen molar-refractivity contribution >= 4 is 28.6 Å². The van der Waals surface area contributed by atoms with Gasteiger partial charge in [-0.3, -0.25) is 4.98 Å². The van der Waals surface area contributed by atoms with E-state index in [1.54, 1.807) is 12.4 Å². The van der Waals surface area contributed by atoms with E-state index in [2.05, 4.69) is 31.6 Å². The molecule has 5 heterocycles. The van der Waals surface area contributed by atoms with Crippen molar-refractivity contribution in [1.29, 1.82) is 0 Å². The van der Waals surface area contributed by atoms with Crippen LogP contribution in [-0.4, -0.2) is 55.0 Å². The number of anilines is 1. The van der Waals surface area contributed by atoms with Gasteiger partial charge in [0.1, 0.15) is 5.69 Å². The van der Waals surface area contributed by atoms with Gasteiger partial charge < -0.3 is 18.6 Å². The van der Waals surface area contributed by atoms with Gasteiger partial charge >= 0.3 is 5.76 Å². The van der Waals surface area contributed by atoms with Gasteiger partial charge in [0, 0.05) is 31.0 Å². The minimum absolute atomic E-state index is 0.124. The number of ether oxygens (including phenoxy) is 1. The first-order chi connectivity index (χ1) is 19.5. The third kappa shape index (κ3) is 4.81. The SMILES string of the molecule is CC1CCC(Cn2c(N3CCOC4CCCCC43)nc3cc(-c4n[nH]c(=O)o4)nc(-c4cncc(Cl)c4)c32)CC1. The highest BCUT2D eigenvalue weighted by molar-refractivity contribution is 6.30. The molecule has 0 amide bonds. The first kappa shape index (κ1) is 25.7. The molecule has 1 N–H and O–H groups in total. The lowest BCUT2D eigenvalue weighted by Gasteiger charge is -2.44. The second-order valence-electron chi connectivity index (χ2n) is 11.6. The fourth-order valence-corrected chi connectivity index (χ4v) is 7.02. The van der Waals surface area contributed by atoms with Gasteiger partial charge in [-0.2, -0.15) is 0 Å². The maximum Gasteiger partial charge on any atom is 0.434 e. The summed E-state index contributed by atoms with van der Waals surface area (Å²) in [5.74, 6) is 1.80. The van der Waals surface area contributed by atoms with E-state index in [-0.39, 0.29) is 12.0 Å². The molecule has 0 spiro atoms. The fourth-order valence-electron chi connectivity index (χ4n) is 6.84. The average Bonchev–Trinajstić information content (AvgIpc) is 3.57. The highest BCUT2D eigenvalue weighted by atomic mass is 35.5. The quantitative estimate of drug-likeness (QED) is 0.340. The normalized spacial score (nSPS) is 25.3. The number of halogens is 1. The number of nitrogens with one attached hydrogen (secondary N) is 1. The molecule has 7 rings (SSSR count). The number of aromatic amines is 1. The van der Waals surface area contributed by atoms with Crippen LogP contribution in [0.1, 0.15) is 58.3 Å². The molecule has 4 aromatic heterocycles. The molecule has 0 radical (unpaired) electrons. The highest BCUT2D eigenvalue weighted by Crippen LogP contribution is 2.39. The van der Waals surface area contributed by atoms with E-state index in [4.69, 9.17) is 30.7 Å². The summed E-state index contributed by atoms with van der Waals surface area (Å²) in [6.07, 6.45) is 13.1. The first-order valence-corrected chi connectivity index (χ1v) is 14.9. The molecule has 2 atom stereocenters. The number of imidazole rings is 1. The van der Waals surface area contributed by atoms with Crippen molar-refractivity contribution in [2.24, 2.45) is 11.8 Å². The van der Waals surface area contributed by atoms with Crippen LogP contribution in [0.15, 0.2) is 33.7 Å². The Kier molecular flexibility index (Phi) is 6.83. The van der Waals surface area contributed by atoms with Crippen molar-refractivity contribution in [2.45, 2.75) is 77.0 Å². The van der Waals surface area contributed by atoms with Gasteiger partial charge in [-0.15, -0.1) is 5.10 Å². The van der Waals surface area contributed by atoms with Crippen LogP contribution in [-0.2, 0) is 11.3 Å². The van der Waals surface area contributed by atoms with Crippen LogP contribution in [0.2, 0.25) is 5.02 Å². The topological polar surface area (TPSA) is 115 Å². The Morgan fingerprint density at radius 1 is 1.07 bits per heavy atom. The molecule has 1 saturated heterocycles. The monoisotopic (exact) mass is 563 g/mol. The van der Waals surface area contributed by atoms with Crippen molar-refractivity contribution < 1.29 is 9.15 Å². The van der Waals surface area contributed by atoms with Gasteiger partial charge in [-0.05, 0) is 49.7 Å². The van der Waals surface area contributed by atoms with E-state index in [1.807, 2.05) is 12.1 Å². The molecule has 4 aromatic rings. The third-order valence-electron chi connectivity index (χ3n) is 8.91. The zero-order chi connectivity index (χ0) is 27.2. The fraction of sp³-hybridized carbons (Fsp3) is 0.552. The number of fused-ring (bicyclic) bond motifs is 2. The molecular formula is C29H34ClN7O3. The first-order valence-electron chi connectivity index (χ1n) is 14.5. The number of aromatic nitrogens is 6. The number of rotatable bonds is 5. The second kappa shape index (κ2) is 10.6. The molecular weight excluding hydrogens is 530 g/mol. The minimum Gasteiger partial charge on any atom is -0.386 e. The van der Waals surface area contributed by atoms with E-state index < -0.39 is 5.76 Å². The largest absolute Gasteiger partial charge is 0.434 e. The summed E-state index contributed by atoms with van der Waals surface area (Å²) < 4.78 is 13.9. The standard InChI is InChI=1S/C29H34ClN7O3/c1-17-6-8-18(9-7-17)16-37-26-21(33-28(37)36-10-11-39-24-5-3-2-4-23(24)36)13-22(27-34-35-29(38)40-27)32-25(26)19-12-20(30)15-31-14-19/h12-15,17-18,23-24H,2-11,16H2,1H3,(H,35,38). The molecule has 40 heavy (non-hydrogen) atoms. The maximum absolute atomic E-state index is 11.8. The van der Waals surface area contributed by atoms with Crippen LogP contribution in [0.4, 0.5) is 5.95 Å². The Hall–Kier alpha value is -3.24. The highest BCUT2D eigenvalue weighted by Gasteiger charge is 2.37. The lowest BCUT2D eigenvalue weighted by Crippen LogP contribution is -2.53. The Bertz CT molecular complexity index is 1570. The maximum atomic E-state index is 11.8. The lowest BCUT2D eigenvalue weighted by molar-refractivity contribution is -0.00958. The number of hydrogen-bond donors (Lipinski definition) is 1. The van der Waals surface area contributed by atoms with Crippen LogP contribution in [0.5, 0.6) is 0 Å². The van der Waals surface area contributed by atoms with Crippen molar-refractivity contribution in [3.63, 3.8) is 0 Å². The van der Waals surface area contributed by atoms with E-state index in [0.29, 0.717) is 35.0 Å². The molecule has 2 aliphatic carbocycles. The van der Waals surface area contributed by atoms with Gasteiger partial charge in [0.15, 0.2) is 0 Å². The summed E-state index contributed by atoms with van der Waals surface area (Å²) in [4.78, 5) is 28.9. The van der Waals surface area contributed by atoms with Crippen LogP contribution in [0, 0.1) is 11.8 Å². The van der Waals surface area contributed by atoms with Gasteiger partial charge in [0.2, 0.25) is 5.95 Å². The molecule has 3 fully saturated rings. The van der Waals surface area contributed by atoms with Crippen molar-refractivity contribution in [3.8, 4) is 22.8 Å². The smallest absolute Gasteiger partial charge is 0.386 e. The Labute approximate surface area is 237 Å². The van der Waals surface area contributed by atoms with Crippen molar-refractivity contribution in [1.82, 2.24) is 29.7 Å². The zero-order valence-electron chi connectivity index (χ0n) is 22.7. The van der Waals surface area contributed by atoms with E-state index in [0.717, 1.165) is 54.4 Å². The van der Waals surface area contributed by atoms with Gasteiger partial charge in [-0.25, -0.2) is 19.9 Å². The Morgan fingerprint density at radius 3 is 2.73 bits per heavy atom. The summed E-state index contributed by atoms with van der Waals surface area (Å²) in [7, 11) is 0. The van der Waals surface area contributed by atoms with Gasteiger partial charge in [0.05, 0.1) is 40.5 Å². The molecule has 10 nitrogen and oxygen atoms in total. The summed E-state index contributed by atoms with van der Waals surface area (Å²) >= 11 is 6.41. The zero-order valence-corrected chi connectivity index (χ0v) is 23.4. The second-order valence-corrected chi connectivity index (χ2v) is 12.1.